The van der Waals surface area contributed by atoms with Crippen LogP contribution in [-0.2, 0) is 4.79 Å². The van der Waals surface area contributed by atoms with Gasteiger partial charge in [-0.3, -0.25) is 4.79 Å². The van der Waals surface area contributed by atoms with E-state index in [-0.39, 0.29) is 5.91 Å². The molecule has 0 spiro atoms. The predicted molar refractivity (Wildman–Crippen MR) is 67.2 cm³/mol. The summed E-state index contributed by atoms with van der Waals surface area (Å²) >= 11 is 5.11. The molecule has 0 saturated heterocycles. The molecule has 0 aromatic heterocycles. The summed E-state index contributed by atoms with van der Waals surface area (Å²) in [6.07, 6.45) is 6.19. The maximum atomic E-state index is 11.3. The van der Waals surface area contributed by atoms with E-state index in [4.69, 9.17) is 12.2 Å². The largest absolute Gasteiger partial charge is 0.363 e. The molecule has 0 aromatic rings. The Morgan fingerprint density at radius 2 is 1.75 bits per heavy atom. The van der Waals surface area contributed by atoms with Gasteiger partial charge in [-0.05, 0) is 44.3 Å². The van der Waals surface area contributed by atoms with E-state index in [2.05, 4.69) is 16.0 Å². The first-order valence-electron chi connectivity index (χ1n) is 6.08. The number of carbonyl (C=O) groups excluding carboxylic acids is 1. The second-order valence-electron chi connectivity index (χ2n) is 4.62. The van der Waals surface area contributed by atoms with E-state index in [1.54, 1.807) is 0 Å². The fourth-order valence-corrected chi connectivity index (χ4v) is 1.71. The smallest absolute Gasteiger partial charge is 0.220 e. The van der Waals surface area contributed by atoms with Crippen LogP contribution in [0.15, 0.2) is 0 Å². The lowest BCUT2D eigenvalue weighted by Gasteiger charge is -2.09. The van der Waals surface area contributed by atoms with E-state index >= 15 is 0 Å². The molecule has 0 radical (unpaired) electrons. The Morgan fingerprint density at radius 1 is 1.12 bits per heavy atom. The van der Waals surface area contributed by atoms with Gasteiger partial charge in [0.1, 0.15) is 0 Å². The predicted octanol–water partition coefficient (Wildman–Crippen LogP) is 0.672. The average molecular weight is 241 g/mol. The number of thiocarbonyl (C=S) groups is 1. The number of nitrogens with one attached hydrogen (secondary N) is 3. The number of amides is 1. The van der Waals surface area contributed by atoms with Gasteiger partial charge in [0.15, 0.2) is 5.11 Å². The van der Waals surface area contributed by atoms with E-state index < -0.39 is 0 Å². The van der Waals surface area contributed by atoms with E-state index in [1.165, 1.54) is 12.8 Å². The highest BCUT2D eigenvalue weighted by Gasteiger charge is 2.23. The van der Waals surface area contributed by atoms with Gasteiger partial charge in [0.05, 0.1) is 0 Å². The molecule has 2 aliphatic rings. The summed E-state index contributed by atoms with van der Waals surface area (Å²) in [4.78, 5) is 11.3. The monoisotopic (exact) mass is 241 g/mol. The van der Waals surface area contributed by atoms with Crippen molar-refractivity contribution in [3.63, 3.8) is 0 Å². The van der Waals surface area contributed by atoms with E-state index in [0.29, 0.717) is 18.5 Å². The molecule has 1 amide bonds. The van der Waals surface area contributed by atoms with E-state index in [1.807, 2.05) is 0 Å². The number of hydrogen-bond acceptors (Lipinski definition) is 2. The van der Waals surface area contributed by atoms with Crippen molar-refractivity contribution in [2.75, 3.05) is 6.54 Å². The van der Waals surface area contributed by atoms with Crippen LogP contribution in [0.1, 0.15) is 38.5 Å². The number of hydrogen-bond donors (Lipinski definition) is 3. The number of carbonyl (C=O) groups is 1. The van der Waals surface area contributed by atoms with Crippen molar-refractivity contribution in [1.82, 2.24) is 16.0 Å². The summed E-state index contributed by atoms with van der Waals surface area (Å²) < 4.78 is 0. The molecule has 0 unspecified atom stereocenters. The molecule has 0 bridgehead atoms. The van der Waals surface area contributed by atoms with Crippen molar-refractivity contribution < 1.29 is 4.79 Å². The van der Waals surface area contributed by atoms with Crippen LogP contribution in [0.5, 0.6) is 0 Å². The maximum absolute atomic E-state index is 11.3. The summed E-state index contributed by atoms with van der Waals surface area (Å²) in [7, 11) is 0. The van der Waals surface area contributed by atoms with Crippen LogP contribution < -0.4 is 16.0 Å². The van der Waals surface area contributed by atoms with Gasteiger partial charge in [-0.25, -0.2) is 0 Å². The Balaban J connectivity index is 1.43. The molecule has 2 saturated carbocycles. The second-order valence-corrected chi connectivity index (χ2v) is 5.03. The molecule has 2 fully saturated rings. The van der Waals surface area contributed by atoms with Crippen LogP contribution in [0.4, 0.5) is 0 Å². The highest BCUT2D eigenvalue weighted by molar-refractivity contribution is 7.80. The molecule has 4 nitrogen and oxygen atoms in total. The van der Waals surface area contributed by atoms with Crippen LogP contribution >= 0.6 is 12.2 Å². The van der Waals surface area contributed by atoms with Crippen molar-refractivity contribution in [2.45, 2.75) is 50.6 Å². The van der Waals surface area contributed by atoms with Crippen molar-refractivity contribution in [2.24, 2.45) is 0 Å². The first kappa shape index (κ1) is 11.6. The maximum Gasteiger partial charge on any atom is 0.220 e. The Hall–Kier alpha value is -0.840. The molecule has 0 aromatic carbocycles. The highest BCUT2D eigenvalue weighted by atomic mass is 32.1. The van der Waals surface area contributed by atoms with Crippen LogP contribution in [0, 0.1) is 0 Å². The molecule has 3 N–H and O–H groups in total. The number of rotatable bonds is 6. The van der Waals surface area contributed by atoms with E-state index in [9.17, 15) is 4.79 Å². The third-order valence-corrected chi connectivity index (χ3v) is 2.98. The summed E-state index contributed by atoms with van der Waals surface area (Å²) in [6, 6.07) is 1.07. The summed E-state index contributed by atoms with van der Waals surface area (Å²) in [6.45, 7) is 0.774. The third-order valence-electron chi connectivity index (χ3n) is 2.72. The highest BCUT2D eigenvalue weighted by Crippen LogP contribution is 2.19. The lowest BCUT2D eigenvalue weighted by atomic mass is 10.3. The summed E-state index contributed by atoms with van der Waals surface area (Å²) in [5, 5.41) is 10.0. The second kappa shape index (κ2) is 5.48. The summed E-state index contributed by atoms with van der Waals surface area (Å²) in [5.74, 6) is 0.172. The molecule has 90 valence electrons. The van der Waals surface area contributed by atoms with Gasteiger partial charge >= 0.3 is 0 Å². The fourth-order valence-electron chi connectivity index (χ4n) is 1.44. The first-order valence-corrected chi connectivity index (χ1v) is 6.48. The summed E-state index contributed by atoms with van der Waals surface area (Å²) in [5.41, 5.74) is 0. The zero-order chi connectivity index (χ0) is 11.4. The average Bonchev–Trinajstić information content (AvgIpc) is 3.08. The Kier molecular flexibility index (Phi) is 3.98. The molecular formula is C11H19N3OS. The Bertz CT molecular complexity index is 246. The quantitative estimate of drug-likeness (QED) is 0.473. The van der Waals surface area contributed by atoms with Crippen molar-refractivity contribution in [1.29, 1.82) is 0 Å². The Morgan fingerprint density at radius 3 is 2.38 bits per heavy atom. The molecule has 5 heteroatoms. The standard InChI is InChI=1S/C11H19N3OS/c15-10(13-8-3-4-8)2-1-7-12-11(16)14-9-5-6-9/h8-9H,1-7H2,(H,13,15)(H2,12,14,16). The molecular weight excluding hydrogens is 222 g/mol. The SMILES string of the molecule is O=C(CCCNC(=S)NC1CC1)NC1CC1. The van der Waals surface area contributed by atoms with Crippen molar-refractivity contribution in [3.8, 4) is 0 Å². The van der Waals surface area contributed by atoms with Crippen molar-refractivity contribution in [3.05, 3.63) is 0 Å². The minimum atomic E-state index is 0.172. The van der Waals surface area contributed by atoms with Gasteiger partial charge in [0, 0.05) is 25.0 Å². The fraction of sp³-hybridized carbons (Fsp3) is 0.818. The zero-order valence-corrected chi connectivity index (χ0v) is 10.2. The van der Waals surface area contributed by atoms with E-state index in [0.717, 1.165) is 30.9 Å². The third kappa shape index (κ3) is 4.79. The molecule has 0 heterocycles. The molecule has 0 atom stereocenters. The zero-order valence-electron chi connectivity index (χ0n) is 9.42. The normalized spacial score (nSPS) is 19.0. The van der Waals surface area contributed by atoms with Crippen LogP contribution in [-0.4, -0.2) is 29.6 Å². The van der Waals surface area contributed by atoms with Crippen LogP contribution in [0.2, 0.25) is 0 Å². The molecule has 0 aliphatic heterocycles. The molecule has 2 rings (SSSR count). The molecule has 16 heavy (non-hydrogen) atoms. The van der Waals surface area contributed by atoms with Crippen molar-refractivity contribution >= 4 is 23.2 Å². The van der Waals surface area contributed by atoms with Gasteiger partial charge < -0.3 is 16.0 Å². The van der Waals surface area contributed by atoms with Gasteiger partial charge in [-0.1, -0.05) is 0 Å². The first-order chi connectivity index (χ1) is 7.74. The van der Waals surface area contributed by atoms with Gasteiger partial charge in [-0.15, -0.1) is 0 Å². The van der Waals surface area contributed by atoms with Gasteiger partial charge in [0.2, 0.25) is 5.91 Å². The lowest BCUT2D eigenvalue weighted by Crippen LogP contribution is -2.37. The minimum Gasteiger partial charge on any atom is -0.363 e. The lowest BCUT2D eigenvalue weighted by molar-refractivity contribution is -0.121. The van der Waals surface area contributed by atoms with Gasteiger partial charge in [0.25, 0.3) is 0 Å². The van der Waals surface area contributed by atoms with Crippen LogP contribution in [0.25, 0.3) is 0 Å². The minimum absolute atomic E-state index is 0.172. The van der Waals surface area contributed by atoms with Crippen LogP contribution in [0.3, 0.4) is 0 Å². The topological polar surface area (TPSA) is 53.2 Å². The van der Waals surface area contributed by atoms with Gasteiger partial charge in [-0.2, -0.15) is 0 Å². The Labute approximate surface area is 102 Å². The molecule has 2 aliphatic carbocycles.